The zero-order valence-corrected chi connectivity index (χ0v) is 37.4. The van der Waals surface area contributed by atoms with E-state index in [0.717, 1.165) is 87.5 Å². The van der Waals surface area contributed by atoms with Crippen molar-refractivity contribution in [3.05, 3.63) is 77.4 Å². The monoisotopic (exact) mass is 872 g/mol. The molecule has 0 radical (unpaired) electrons. The van der Waals surface area contributed by atoms with Crippen molar-refractivity contribution in [3.8, 4) is 17.2 Å². The number of ether oxygens (including phenoxy) is 9. The highest BCUT2D eigenvalue weighted by Crippen LogP contribution is 2.67. The third-order valence-electron chi connectivity index (χ3n) is 16.5. The summed E-state index contributed by atoms with van der Waals surface area (Å²) in [5, 5.41) is 25.6. The van der Waals surface area contributed by atoms with E-state index in [9.17, 15) is 10.2 Å². The molecule has 4 aliphatic carbocycles. The van der Waals surface area contributed by atoms with Gasteiger partial charge in [0.05, 0.1) is 87.1 Å². The predicted octanol–water partition coefficient (Wildman–Crippen LogP) is 4.43. The highest BCUT2D eigenvalue weighted by Gasteiger charge is 2.74. The van der Waals surface area contributed by atoms with Crippen molar-refractivity contribution in [2.45, 2.75) is 111 Å². The Morgan fingerprint density at radius 3 is 2.06 bits per heavy atom. The van der Waals surface area contributed by atoms with Crippen molar-refractivity contribution in [3.63, 3.8) is 0 Å². The van der Waals surface area contributed by atoms with Crippen LogP contribution in [-0.4, -0.2) is 161 Å². The molecule has 2 aromatic rings. The van der Waals surface area contributed by atoms with Crippen molar-refractivity contribution >= 4 is 0 Å². The molecule has 2 spiro atoms. The molecule has 2 N–H and O–H groups in total. The molecule has 0 amide bonds. The molecule has 13 nitrogen and oxygen atoms in total. The third kappa shape index (κ3) is 6.85. The van der Waals surface area contributed by atoms with Gasteiger partial charge in [0.25, 0.3) is 0 Å². The Kier molecular flexibility index (Phi) is 12.2. The van der Waals surface area contributed by atoms with Gasteiger partial charge in [0.2, 0.25) is 0 Å². The van der Waals surface area contributed by atoms with E-state index in [1.54, 1.807) is 7.11 Å². The van der Waals surface area contributed by atoms with Crippen LogP contribution in [0.4, 0.5) is 0 Å². The summed E-state index contributed by atoms with van der Waals surface area (Å²) < 4.78 is 56.0. The number of hydrogen-bond acceptors (Lipinski definition) is 13. The van der Waals surface area contributed by atoms with Gasteiger partial charge in [-0.25, -0.2) is 0 Å². The Morgan fingerprint density at radius 2 is 1.33 bits per heavy atom. The number of methoxy groups -OCH3 is 1. The van der Waals surface area contributed by atoms with E-state index >= 15 is 0 Å². The molecule has 8 aliphatic rings. The van der Waals surface area contributed by atoms with Gasteiger partial charge in [0.1, 0.15) is 18.0 Å². The average molecular weight is 873 g/mol. The highest BCUT2D eigenvalue weighted by atomic mass is 16.7. The van der Waals surface area contributed by atoms with Gasteiger partial charge in [-0.1, -0.05) is 30.4 Å². The topological polar surface area (TPSA) is 130 Å². The molecular formula is C50H68N2O11. The zero-order valence-electron chi connectivity index (χ0n) is 37.4. The fraction of sp³-hybridized carbons (Fsp3) is 0.680. The Balaban J connectivity index is 0.720. The van der Waals surface area contributed by atoms with Crippen molar-refractivity contribution in [1.29, 1.82) is 0 Å². The lowest BCUT2D eigenvalue weighted by Crippen LogP contribution is -2.77. The maximum absolute atomic E-state index is 12.9. The third-order valence-corrected chi connectivity index (χ3v) is 16.5. The Hall–Kier alpha value is -3.08. The van der Waals surface area contributed by atoms with E-state index in [1.807, 2.05) is 18.2 Å². The molecule has 63 heavy (non-hydrogen) atoms. The molecule has 2 saturated carbocycles. The van der Waals surface area contributed by atoms with Crippen LogP contribution in [-0.2, 0) is 52.1 Å². The minimum Gasteiger partial charge on any atom is -0.486 e. The van der Waals surface area contributed by atoms with E-state index in [2.05, 4.69) is 48.1 Å². The lowest BCUT2D eigenvalue weighted by molar-refractivity contribution is -0.215. The molecule has 10 atom stereocenters. The second-order valence-electron chi connectivity index (χ2n) is 19.3. The van der Waals surface area contributed by atoms with Crippen LogP contribution in [0.25, 0.3) is 0 Å². The van der Waals surface area contributed by atoms with Crippen LogP contribution in [0.1, 0.15) is 66.3 Å². The van der Waals surface area contributed by atoms with Crippen molar-refractivity contribution in [2.24, 2.45) is 5.92 Å². The van der Waals surface area contributed by atoms with Gasteiger partial charge in [0.15, 0.2) is 18.3 Å². The van der Waals surface area contributed by atoms with Gasteiger partial charge in [-0.05, 0) is 94.1 Å². The van der Waals surface area contributed by atoms with Gasteiger partial charge in [-0.15, -0.1) is 13.2 Å². The number of benzene rings is 2. The van der Waals surface area contributed by atoms with Crippen molar-refractivity contribution in [2.75, 3.05) is 99.5 Å². The Labute approximate surface area is 372 Å². The lowest BCUT2D eigenvalue weighted by Gasteiger charge is -2.64. The molecule has 5 unspecified atom stereocenters. The average Bonchev–Trinajstić information content (AvgIpc) is 3.81. The summed E-state index contributed by atoms with van der Waals surface area (Å²) in [6.45, 7) is 17.8. The second-order valence-corrected chi connectivity index (χ2v) is 19.3. The number of aliphatic hydroxyl groups is 2. The second kappa shape index (κ2) is 17.6. The molecular weight excluding hydrogens is 805 g/mol. The normalized spacial score (nSPS) is 35.6. The molecule has 344 valence electrons. The number of hydrogen-bond donors (Lipinski definition) is 2. The van der Waals surface area contributed by atoms with Crippen LogP contribution < -0.4 is 14.2 Å². The number of likely N-dealkylation sites (tertiary alicyclic amines) is 2. The maximum Gasteiger partial charge on any atom is 0.189 e. The molecule has 2 saturated heterocycles. The standard InChI is InChI=1S/C50H68N2O11/c1-5-17-51-19-15-47-42-34-9-10-37(61-32-58-22-21-55-4)44(42)63-45(47)38(11-13-49(47,53)36(29-34)31-51)59-27-25-56-23-24-57-26-28-60-39-12-14-50(54)40-30-35-8-7-33(3)43-41(35)48(50,46(39)62-43)16-20-52(40)18-6-2/h5-10,36,38-40,45-46,53-54H,1-2,11-32H2,3-4H3/t36?,38?,39?,40?,45-,46?,47-,48-,49+,50+/m0/s1. The smallest absolute Gasteiger partial charge is 0.189 e. The van der Waals surface area contributed by atoms with Gasteiger partial charge < -0.3 is 52.8 Å². The van der Waals surface area contributed by atoms with Crippen LogP contribution in [0.2, 0.25) is 0 Å². The summed E-state index contributed by atoms with van der Waals surface area (Å²) >= 11 is 0. The Bertz CT molecular complexity index is 2020. The minimum atomic E-state index is -0.934. The van der Waals surface area contributed by atoms with Crippen LogP contribution >= 0.6 is 0 Å². The molecule has 0 aromatic heterocycles. The van der Waals surface area contributed by atoms with Gasteiger partial charge in [-0.2, -0.15) is 0 Å². The molecule has 2 aromatic carbocycles. The number of aryl methyl sites for hydroxylation is 1. The minimum absolute atomic E-state index is 0.0331. The first-order valence-corrected chi connectivity index (χ1v) is 23.6. The van der Waals surface area contributed by atoms with Crippen LogP contribution in [0.3, 0.4) is 0 Å². The highest BCUT2D eigenvalue weighted by molar-refractivity contribution is 5.63. The summed E-state index contributed by atoms with van der Waals surface area (Å²) in [6, 6.07) is 8.60. The first-order chi connectivity index (χ1) is 30.7. The first-order valence-electron chi connectivity index (χ1n) is 23.6. The van der Waals surface area contributed by atoms with Crippen molar-refractivity contribution in [1.82, 2.24) is 9.80 Å². The van der Waals surface area contributed by atoms with Gasteiger partial charge in [0, 0.05) is 49.8 Å². The fourth-order valence-electron chi connectivity index (χ4n) is 13.8. The summed E-state index contributed by atoms with van der Waals surface area (Å²) in [5.41, 5.74) is 3.07. The van der Waals surface area contributed by atoms with Crippen LogP contribution in [0.5, 0.6) is 17.2 Å². The largest absolute Gasteiger partial charge is 0.486 e. The van der Waals surface area contributed by atoms with E-state index < -0.39 is 22.0 Å². The van der Waals surface area contributed by atoms with Crippen molar-refractivity contribution < 1.29 is 52.8 Å². The summed E-state index contributed by atoms with van der Waals surface area (Å²) in [6.07, 6.45) is 8.92. The lowest BCUT2D eigenvalue weighted by atomic mass is 9.48. The number of nitrogens with zero attached hydrogens (tertiary/aromatic N) is 2. The van der Waals surface area contributed by atoms with E-state index in [-0.39, 0.29) is 43.2 Å². The molecule has 13 heteroatoms. The van der Waals surface area contributed by atoms with Gasteiger partial charge >= 0.3 is 0 Å². The predicted molar refractivity (Wildman–Crippen MR) is 235 cm³/mol. The molecule has 10 rings (SSSR count). The van der Waals surface area contributed by atoms with E-state index in [0.29, 0.717) is 77.9 Å². The van der Waals surface area contributed by atoms with E-state index in [4.69, 9.17) is 42.6 Å². The van der Waals surface area contributed by atoms with E-state index in [1.165, 1.54) is 16.7 Å². The number of rotatable bonds is 21. The van der Waals surface area contributed by atoms with Crippen LogP contribution in [0, 0.1) is 12.8 Å². The summed E-state index contributed by atoms with van der Waals surface area (Å²) in [4.78, 5) is 4.84. The summed E-state index contributed by atoms with van der Waals surface area (Å²) in [7, 11) is 1.65. The molecule has 4 aliphatic heterocycles. The SMILES string of the molecule is C=CCN1CC[C@]23c4c5ccc(OCOCCOC)c4O[C@H]2C(OCCOCCOCCOC2CC[C@@]4(O)C6Cc7ccc(C)c8c7[C@@]4(CCN6CC=C)C2O8)CC[C@@]3(O)C(C5)C1. The Morgan fingerprint density at radius 1 is 0.714 bits per heavy atom. The first kappa shape index (κ1) is 43.8. The molecule has 4 bridgehead atoms. The maximum atomic E-state index is 12.9. The summed E-state index contributed by atoms with van der Waals surface area (Å²) in [5.74, 6) is 2.38. The number of piperidine rings is 1. The molecule has 4 heterocycles. The van der Waals surface area contributed by atoms with Gasteiger partial charge in [-0.3, -0.25) is 9.80 Å². The molecule has 4 fully saturated rings. The zero-order chi connectivity index (χ0) is 43.4. The van der Waals surface area contributed by atoms with Crippen LogP contribution in [0.15, 0.2) is 49.6 Å². The fourth-order valence-corrected chi connectivity index (χ4v) is 13.8. The quantitative estimate of drug-likeness (QED) is 0.104.